The summed E-state index contributed by atoms with van der Waals surface area (Å²) in [5.41, 5.74) is 7.12. The van der Waals surface area contributed by atoms with E-state index in [1.807, 2.05) is 12.1 Å². The highest BCUT2D eigenvalue weighted by atomic mass is 35.5. The zero-order valence-corrected chi connectivity index (χ0v) is 11.8. The fourth-order valence-electron chi connectivity index (χ4n) is 1.54. The molecule has 0 fully saturated rings. The van der Waals surface area contributed by atoms with Crippen molar-refractivity contribution >= 4 is 41.4 Å². The first-order chi connectivity index (χ1) is 8.13. The standard InChI is InChI=1S/C12H10Cl2N2O.ClH/c1-17-10-5-11(15)16-6-8(10)7-3-2-4-9(13)12(7)14;/h2-6H,1H3,(H2,15,16);1H. The molecule has 0 radical (unpaired) electrons. The Bertz CT molecular complexity index is 561. The molecular weight excluding hydrogens is 295 g/mol. The smallest absolute Gasteiger partial charge is 0.131 e. The van der Waals surface area contributed by atoms with Gasteiger partial charge in [0.25, 0.3) is 0 Å². The average Bonchev–Trinajstić information content (AvgIpc) is 2.33. The fourth-order valence-corrected chi connectivity index (χ4v) is 1.94. The van der Waals surface area contributed by atoms with E-state index in [0.717, 1.165) is 11.1 Å². The van der Waals surface area contributed by atoms with Crippen molar-refractivity contribution < 1.29 is 4.74 Å². The average molecular weight is 306 g/mol. The Kier molecular flexibility index (Phi) is 5.08. The van der Waals surface area contributed by atoms with E-state index in [1.165, 1.54) is 0 Å². The summed E-state index contributed by atoms with van der Waals surface area (Å²) < 4.78 is 5.25. The second-order valence-corrected chi connectivity index (χ2v) is 4.20. The maximum Gasteiger partial charge on any atom is 0.131 e. The van der Waals surface area contributed by atoms with Gasteiger partial charge in [0.05, 0.1) is 17.2 Å². The molecule has 2 aromatic rings. The normalized spacial score (nSPS) is 9.72. The molecule has 0 saturated carbocycles. The number of benzene rings is 1. The van der Waals surface area contributed by atoms with Crippen LogP contribution in [0.15, 0.2) is 30.5 Å². The molecule has 96 valence electrons. The lowest BCUT2D eigenvalue weighted by Crippen LogP contribution is -1.95. The van der Waals surface area contributed by atoms with Crippen molar-refractivity contribution in [3.05, 3.63) is 40.5 Å². The van der Waals surface area contributed by atoms with E-state index in [4.69, 9.17) is 33.7 Å². The number of hydrogen-bond acceptors (Lipinski definition) is 3. The molecule has 3 nitrogen and oxygen atoms in total. The van der Waals surface area contributed by atoms with Crippen LogP contribution in [0.5, 0.6) is 5.75 Å². The van der Waals surface area contributed by atoms with Gasteiger partial charge in [0.2, 0.25) is 0 Å². The molecule has 1 aromatic heterocycles. The van der Waals surface area contributed by atoms with E-state index in [0.29, 0.717) is 21.6 Å². The Balaban J connectivity index is 0.00000162. The molecule has 0 unspecified atom stereocenters. The molecular formula is C12H11Cl3N2O. The summed E-state index contributed by atoms with van der Waals surface area (Å²) in [6.45, 7) is 0. The Labute approximate surface area is 121 Å². The summed E-state index contributed by atoms with van der Waals surface area (Å²) in [5.74, 6) is 1.01. The van der Waals surface area contributed by atoms with Gasteiger partial charge in [-0.2, -0.15) is 0 Å². The summed E-state index contributed by atoms with van der Waals surface area (Å²) in [4.78, 5) is 4.03. The van der Waals surface area contributed by atoms with Crippen molar-refractivity contribution in [1.29, 1.82) is 0 Å². The summed E-state index contributed by atoms with van der Waals surface area (Å²) in [7, 11) is 1.57. The minimum absolute atomic E-state index is 0. The van der Waals surface area contributed by atoms with Crippen LogP contribution >= 0.6 is 35.6 Å². The lowest BCUT2D eigenvalue weighted by Gasteiger charge is -2.10. The zero-order chi connectivity index (χ0) is 12.4. The number of nitrogen functional groups attached to an aromatic ring is 1. The lowest BCUT2D eigenvalue weighted by molar-refractivity contribution is 0.416. The molecule has 1 aromatic carbocycles. The molecule has 0 amide bonds. The molecule has 2 rings (SSSR count). The van der Waals surface area contributed by atoms with Gasteiger partial charge in [0, 0.05) is 23.4 Å². The number of rotatable bonds is 2. The molecule has 0 atom stereocenters. The number of nitrogens with zero attached hydrogens (tertiary/aromatic N) is 1. The number of ether oxygens (including phenoxy) is 1. The fraction of sp³-hybridized carbons (Fsp3) is 0.0833. The van der Waals surface area contributed by atoms with Gasteiger partial charge in [-0.15, -0.1) is 12.4 Å². The van der Waals surface area contributed by atoms with Crippen LogP contribution in [-0.2, 0) is 0 Å². The van der Waals surface area contributed by atoms with E-state index in [1.54, 1.807) is 25.4 Å². The van der Waals surface area contributed by atoms with E-state index in [9.17, 15) is 0 Å². The van der Waals surface area contributed by atoms with Gasteiger partial charge in [-0.25, -0.2) is 4.98 Å². The summed E-state index contributed by atoms with van der Waals surface area (Å²) >= 11 is 12.1. The highest BCUT2D eigenvalue weighted by molar-refractivity contribution is 6.43. The number of anilines is 1. The van der Waals surface area contributed by atoms with Crippen LogP contribution < -0.4 is 10.5 Å². The largest absolute Gasteiger partial charge is 0.496 e. The van der Waals surface area contributed by atoms with Gasteiger partial charge in [0.1, 0.15) is 11.6 Å². The molecule has 1 heterocycles. The summed E-state index contributed by atoms with van der Waals surface area (Å²) in [5, 5.41) is 0.960. The number of hydrogen-bond donors (Lipinski definition) is 1. The van der Waals surface area contributed by atoms with Gasteiger partial charge >= 0.3 is 0 Å². The monoisotopic (exact) mass is 304 g/mol. The van der Waals surface area contributed by atoms with Crippen LogP contribution in [0.2, 0.25) is 10.0 Å². The third-order valence-electron chi connectivity index (χ3n) is 2.35. The number of nitrogens with two attached hydrogens (primary N) is 1. The van der Waals surface area contributed by atoms with Gasteiger partial charge < -0.3 is 10.5 Å². The predicted octanol–water partition coefficient (Wildman–Crippen LogP) is 4.07. The van der Waals surface area contributed by atoms with Gasteiger partial charge in [0.15, 0.2) is 0 Å². The van der Waals surface area contributed by atoms with Gasteiger partial charge in [-0.05, 0) is 6.07 Å². The van der Waals surface area contributed by atoms with E-state index >= 15 is 0 Å². The second kappa shape index (κ2) is 6.14. The van der Waals surface area contributed by atoms with Crippen LogP contribution in [0, 0.1) is 0 Å². The van der Waals surface area contributed by atoms with E-state index in [2.05, 4.69) is 4.98 Å². The van der Waals surface area contributed by atoms with Crippen molar-refractivity contribution in [1.82, 2.24) is 4.98 Å². The predicted molar refractivity (Wildman–Crippen MR) is 77.9 cm³/mol. The third kappa shape index (κ3) is 2.80. The van der Waals surface area contributed by atoms with Crippen LogP contribution in [0.25, 0.3) is 11.1 Å². The molecule has 0 aliphatic heterocycles. The Morgan fingerprint density at radius 3 is 2.61 bits per heavy atom. The minimum atomic E-state index is 0. The number of aromatic nitrogens is 1. The van der Waals surface area contributed by atoms with Crippen molar-refractivity contribution in [3.8, 4) is 16.9 Å². The molecule has 18 heavy (non-hydrogen) atoms. The second-order valence-electron chi connectivity index (χ2n) is 3.41. The molecule has 2 N–H and O–H groups in total. The van der Waals surface area contributed by atoms with Crippen LogP contribution in [0.1, 0.15) is 0 Å². The first kappa shape index (κ1) is 14.9. The van der Waals surface area contributed by atoms with Gasteiger partial charge in [-0.1, -0.05) is 35.3 Å². The van der Waals surface area contributed by atoms with E-state index < -0.39 is 0 Å². The van der Waals surface area contributed by atoms with Crippen molar-refractivity contribution in [3.63, 3.8) is 0 Å². The Hall–Kier alpha value is -1.16. The number of methoxy groups -OCH3 is 1. The quantitative estimate of drug-likeness (QED) is 0.910. The number of halogens is 3. The lowest BCUT2D eigenvalue weighted by atomic mass is 10.1. The van der Waals surface area contributed by atoms with Crippen LogP contribution in [0.4, 0.5) is 5.82 Å². The van der Waals surface area contributed by atoms with Gasteiger partial charge in [-0.3, -0.25) is 0 Å². The minimum Gasteiger partial charge on any atom is -0.496 e. The van der Waals surface area contributed by atoms with Crippen molar-refractivity contribution in [2.45, 2.75) is 0 Å². The van der Waals surface area contributed by atoms with E-state index in [-0.39, 0.29) is 12.4 Å². The van der Waals surface area contributed by atoms with Crippen molar-refractivity contribution in [2.24, 2.45) is 0 Å². The summed E-state index contributed by atoms with van der Waals surface area (Å²) in [6.07, 6.45) is 1.62. The topological polar surface area (TPSA) is 48.1 Å². The molecule has 0 spiro atoms. The SMILES string of the molecule is COc1cc(N)ncc1-c1cccc(Cl)c1Cl.Cl. The highest BCUT2D eigenvalue weighted by Gasteiger charge is 2.12. The summed E-state index contributed by atoms with van der Waals surface area (Å²) in [6, 6.07) is 7.04. The zero-order valence-electron chi connectivity index (χ0n) is 9.48. The molecule has 0 aliphatic carbocycles. The first-order valence-electron chi connectivity index (χ1n) is 4.87. The maximum absolute atomic E-state index is 6.15. The maximum atomic E-state index is 6.15. The molecule has 0 aliphatic rings. The molecule has 0 bridgehead atoms. The highest BCUT2D eigenvalue weighted by Crippen LogP contribution is 2.38. The Morgan fingerprint density at radius 1 is 1.22 bits per heavy atom. The molecule has 6 heteroatoms. The third-order valence-corrected chi connectivity index (χ3v) is 3.17. The van der Waals surface area contributed by atoms with Crippen LogP contribution in [0.3, 0.4) is 0 Å². The number of pyridine rings is 1. The van der Waals surface area contributed by atoms with Crippen LogP contribution in [-0.4, -0.2) is 12.1 Å². The first-order valence-corrected chi connectivity index (χ1v) is 5.63. The van der Waals surface area contributed by atoms with Crippen molar-refractivity contribution in [2.75, 3.05) is 12.8 Å². The molecule has 0 saturated heterocycles. The Morgan fingerprint density at radius 2 is 1.94 bits per heavy atom.